The van der Waals surface area contributed by atoms with Gasteiger partial charge < -0.3 is 24.6 Å². The molecule has 2 rings (SSSR count). The molecule has 1 aliphatic rings. The second kappa shape index (κ2) is 17.0. The van der Waals surface area contributed by atoms with E-state index in [0.29, 0.717) is 6.42 Å². The van der Waals surface area contributed by atoms with Crippen molar-refractivity contribution in [3.63, 3.8) is 0 Å². The Morgan fingerprint density at radius 2 is 1.43 bits per heavy atom. The summed E-state index contributed by atoms with van der Waals surface area (Å²) in [6, 6.07) is 5.94. The molecule has 0 radical (unpaired) electrons. The van der Waals surface area contributed by atoms with Crippen molar-refractivity contribution in [1.82, 2.24) is 5.32 Å². The summed E-state index contributed by atoms with van der Waals surface area (Å²) in [6.45, 7) is 12.4. The van der Waals surface area contributed by atoms with E-state index in [1.807, 2.05) is 6.92 Å². The number of sulfone groups is 1. The van der Waals surface area contributed by atoms with Crippen LogP contribution in [0.1, 0.15) is 124 Å². The molecular formula is C33H57NO7S. The van der Waals surface area contributed by atoms with Gasteiger partial charge in [-0.1, -0.05) is 95.2 Å². The number of carbonyl (C=O) groups is 1. The Bertz CT molecular complexity index is 1030. The maximum Gasteiger partial charge on any atom is 0.408 e. The fourth-order valence-electron chi connectivity index (χ4n) is 5.51. The number of aliphatic hydroxyl groups is 1. The second-order valence-corrected chi connectivity index (χ2v) is 15.4. The molecule has 0 aliphatic carbocycles. The number of nitrogens with one attached hydrogen (secondary N) is 1. The normalized spacial score (nSPS) is 20.3. The topological polar surface area (TPSA) is 111 Å². The van der Waals surface area contributed by atoms with Crippen LogP contribution in [-0.4, -0.2) is 61.1 Å². The molecule has 0 aromatic heterocycles. The highest BCUT2D eigenvalue weighted by atomic mass is 32.2. The van der Waals surface area contributed by atoms with E-state index in [1.165, 1.54) is 44.9 Å². The molecule has 1 amide bonds. The summed E-state index contributed by atoms with van der Waals surface area (Å²) in [7, 11) is -3.83. The Labute approximate surface area is 255 Å². The Morgan fingerprint density at radius 3 is 1.93 bits per heavy atom. The summed E-state index contributed by atoms with van der Waals surface area (Å²) in [6.07, 6.45) is 10.7. The summed E-state index contributed by atoms with van der Waals surface area (Å²) in [5.41, 5.74) is 0.236. The molecule has 1 heterocycles. The molecule has 4 atom stereocenters. The molecule has 9 heteroatoms. The van der Waals surface area contributed by atoms with Crippen molar-refractivity contribution in [3.05, 3.63) is 29.8 Å². The lowest BCUT2D eigenvalue weighted by atomic mass is 9.99. The van der Waals surface area contributed by atoms with Gasteiger partial charge in [-0.15, -0.1) is 0 Å². The lowest BCUT2D eigenvalue weighted by Crippen LogP contribution is -2.54. The molecule has 1 saturated heterocycles. The number of amides is 1. The van der Waals surface area contributed by atoms with E-state index in [4.69, 9.17) is 14.2 Å². The van der Waals surface area contributed by atoms with E-state index in [1.54, 1.807) is 58.9 Å². The first-order valence-electron chi connectivity index (χ1n) is 16.0. The van der Waals surface area contributed by atoms with Crippen LogP contribution in [0.5, 0.6) is 0 Å². The number of aliphatic hydroxyl groups excluding tert-OH is 1. The van der Waals surface area contributed by atoms with Gasteiger partial charge in [0, 0.05) is 0 Å². The van der Waals surface area contributed by atoms with Gasteiger partial charge in [0.05, 0.1) is 22.8 Å². The number of hydrogen-bond donors (Lipinski definition) is 2. The highest BCUT2D eigenvalue weighted by molar-refractivity contribution is 7.92. The number of alkyl carbamates (subject to hydrolysis) is 1. The van der Waals surface area contributed by atoms with Crippen LogP contribution < -0.4 is 5.32 Å². The van der Waals surface area contributed by atoms with Crippen LogP contribution in [0.3, 0.4) is 0 Å². The standard InChI is InChI=1S/C33H57NO7S/c1-8-9-10-11-12-13-14-15-16-17-18-19-28(42(37,38)26-22-20-25(2)21-23-26)30-29(39-33(6,7)40-30)27(24-35)34-31(36)41-32(3,4)5/h20-23,27-30,35H,8-19,24H2,1-7H3,(H,34,36)/t27-,28+,29-,30-/m1/s1. The number of carbonyl (C=O) groups excluding carboxylic acids is 1. The average molecular weight is 612 g/mol. The predicted molar refractivity (Wildman–Crippen MR) is 167 cm³/mol. The SMILES string of the molecule is CCCCCCCCCCCCC[C@@H]([C@H]1OC(C)(C)O[C@@H]1[C@@H](CO)NC(=O)OC(C)(C)C)S(=O)(=O)c1ccc(C)cc1. The number of benzene rings is 1. The fraction of sp³-hybridized carbons (Fsp3) is 0.788. The third kappa shape index (κ3) is 12.1. The summed E-state index contributed by atoms with van der Waals surface area (Å²) in [5.74, 6) is -1.10. The average Bonchev–Trinajstić information content (AvgIpc) is 3.21. The van der Waals surface area contributed by atoms with Gasteiger partial charge in [-0.3, -0.25) is 0 Å². The zero-order valence-electron chi connectivity index (χ0n) is 27.1. The van der Waals surface area contributed by atoms with Crippen LogP contribution >= 0.6 is 0 Å². The van der Waals surface area contributed by atoms with Gasteiger partial charge in [-0.05, 0) is 60.1 Å². The van der Waals surface area contributed by atoms with Crippen molar-refractivity contribution in [3.8, 4) is 0 Å². The van der Waals surface area contributed by atoms with Gasteiger partial charge in [0.1, 0.15) is 17.8 Å². The maximum atomic E-state index is 14.1. The third-order valence-electron chi connectivity index (χ3n) is 7.67. The van der Waals surface area contributed by atoms with E-state index in [-0.39, 0.29) is 4.90 Å². The largest absolute Gasteiger partial charge is 0.444 e. The first kappa shape index (κ1) is 36.5. The van der Waals surface area contributed by atoms with E-state index in [9.17, 15) is 18.3 Å². The summed E-state index contributed by atoms with van der Waals surface area (Å²) in [5, 5.41) is 12.0. The molecule has 0 spiro atoms. The molecule has 2 N–H and O–H groups in total. The van der Waals surface area contributed by atoms with Crippen LogP contribution in [0.15, 0.2) is 29.2 Å². The molecular weight excluding hydrogens is 554 g/mol. The van der Waals surface area contributed by atoms with Crippen molar-refractivity contribution in [2.75, 3.05) is 6.61 Å². The van der Waals surface area contributed by atoms with Gasteiger partial charge in [-0.2, -0.15) is 0 Å². The Hall–Kier alpha value is -1.68. The van der Waals surface area contributed by atoms with Gasteiger partial charge in [-0.25, -0.2) is 13.2 Å². The zero-order valence-corrected chi connectivity index (χ0v) is 27.9. The van der Waals surface area contributed by atoms with Crippen molar-refractivity contribution in [1.29, 1.82) is 0 Å². The number of unbranched alkanes of at least 4 members (excludes halogenated alkanes) is 10. The lowest BCUT2D eigenvalue weighted by Gasteiger charge is -2.31. The number of hydrogen-bond acceptors (Lipinski definition) is 7. The first-order valence-corrected chi connectivity index (χ1v) is 17.5. The van der Waals surface area contributed by atoms with Crippen LogP contribution in [0, 0.1) is 6.92 Å². The smallest absolute Gasteiger partial charge is 0.408 e. The van der Waals surface area contributed by atoms with Crippen molar-refractivity contribution in [2.24, 2.45) is 0 Å². The van der Waals surface area contributed by atoms with Gasteiger partial charge in [0.15, 0.2) is 15.6 Å². The highest BCUT2D eigenvalue weighted by Crippen LogP contribution is 2.37. The molecule has 1 aromatic carbocycles. The van der Waals surface area contributed by atoms with Crippen molar-refractivity contribution in [2.45, 2.75) is 165 Å². The maximum absolute atomic E-state index is 14.1. The number of ether oxygens (including phenoxy) is 3. The van der Waals surface area contributed by atoms with E-state index in [2.05, 4.69) is 12.2 Å². The van der Waals surface area contributed by atoms with Gasteiger partial charge in [0.2, 0.25) is 0 Å². The zero-order chi connectivity index (χ0) is 31.4. The molecule has 0 unspecified atom stereocenters. The molecule has 0 saturated carbocycles. The molecule has 42 heavy (non-hydrogen) atoms. The van der Waals surface area contributed by atoms with Crippen molar-refractivity contribution >= 4 is 15.9 Å². The third-order valence-corrected chi connectivity index (χ3v) is 9.90. The van der Waals surface area contributed by atoms with Gasteiger partial charge in [0.25, 0.3) is 0 Å². The fourth-order valence-corrected chi connectivity index (χ4v) is 7.42. The second-order valence-electron chi connectivity index (χ2n) is 13.2. The molecule has 8 nitrogen and oxygen atoms in total. The summed E-state index contributed by atoms with van der Waals surface area (Å²) >= 11 is 0. The van der Waals surface area contributed by atoms with Crippen LogP contribution in [0.2, 0.25) is 0 Å². The monoisotopic (exact) mass is 611 g/mol. The van der Waals surface area contributed by atoms with E-state index < -0.39 is 57.4 Å². The minimum Gasteiger partial charge on any atom is -0.444 e. The lowest BCUT2D eigenvalue weighted by molar-refractivity contribution is -0.149. The summed E-state index contributed by atoms with van der Waals surface area (Å²) < 4.78 is 46.0. The predicted octanol–water partition coefficient (Wildman–Crippen LogP) is 7.24. The summed E-state index contributed by atoms with van der Waals surface area (Å²) in [4.78, 5) is 12.8. The Balaban J connectivity index is 2.18. The molecule has 1 aliphatic heterocycles. The van der Waals surface area contributed by atoms with E-state index in [0.717, 1.165) is 31.2 Å². The van der Waals surface area contributed by atoms with Crippen LogP contribution in [0.4, 0.5) is 4.79 Å². The van der Waals surface area contributed by atoms with Crippen LogP contribution in [0.25, 0.3) is 0 Å². The minimum absolute atomic E-state index is 0.230. The highest BCUT2D eigenvalue weighted by Gasteiger charge is 2.52. The molecule has 0 bridgehead atoms. The van der Waals surface area contributed by atoms with Crippen LogP contribution in [-0.2, 0) is 24.0 Å². The number of rotatable bonds is 18. The number of aryl methyl sites for hydroxylation is 1. The quantitative estimate of drug-likeness (QED) is 0.168. The Morgan fingerprint density at radius 1 is 0.929 bits per heavy atom. The first-order chi connectivity index (χ1) is 19.7. The van der Waals surface area contributed by atoms with Gasteiger partial charge >= 0.3 is 6.09 Å². The molecule has 1 aromatic rings. The minimum atomic E-state index is -3.83. The van der Waals surface area contributed by atoms with Crippen molar-refractivity contribution < 1.29 is 32.5 Å². The van der Waals surface area contributed by atoms with E-state index >= 15 is 0 Å². The molecule has 242 valence electrons. The Kier molecular flexibility index (Phi) is 14.8. The molecule has 1 fully saturated rings.